The van der Waals surface area contributed by atoms with Crippen LogP contribution in [-0.4, -0.2) is 15.5 Å². The molecule has 3 rings (SSSR count). The monoisotopic (exact) mass is 382 g/mol. The van der Waals surface area contributed by atoms with Crippen LogP contribution < -0.4 is 14.8 Å². The molecular formula is C21H22N2O3S. The fourth-order valence-electron chi connectivity index (χ4n) is 2.80. The van der Waals surface area contributed by atoms with Crippen LogP contribution in [-0.2, 0) is 10.0 Å². The fourth-order valence-corrected chi connectivity index (χ4v) is 4.09. The maximum atomic E-state index is 12.6. The molecule has 27 heavy (non-hydrogen) atoms. The standard InChI is InChI=1S/C21H22N2O3S/c1-15-7-12-21(16(2)13-15)27(24,25)23-18-10-8-17(9-11-18)22-19-5-4-6-20(14-19)26-3/h4-14,22-23H,1-3H3. The highest BCUT2D eigenvalue weighted by Crippen LogP contribution is 2.24. The summed E-state index contributed by atoms with van der Waals surface area (Å²) in [4.78, 5) is 0.284. The second-order valence-corrected chi connectivity index (χ2v) is 7.96. The summed E-state index contributed by atoms with van der Waals surface area (Å²) >= 11 is 0. The average Bonchev–Trinajstić information content (AvgIpc) is 2.63. The van der Waals surface area contributed by atoms with E-state index in [0.717, 1.165) is 28.3 Å². The first kappa shape index (κ1) is 18.8. The minimum Gasteiger partial charge on any atom is -0.497 e. The molecule has 2 N–H and O–H groups in total. The number of nitrogens with one attached hydrogen (secondary N) is 2. The Morgan fingerprint density at radius 1 is 0.815 bits per heavy atom. The Kier molecular flexibility index (Phi) is 5.37. The number of anilines is 3. The van der Waals surface area contributed by atoms with Crippen molar-refractivity contribution in [2.75, 3.05) is 17.1 Å². The van der Waals surface area contributed by atoms with Crippen molar-refractivity contribution in [3.05, 3.63) is 77.9 Å². The summed E-state index contributed by atoms with van der Waals surface area (Å²) < 4.78 is 33.1. The number of methoxy groups -OCH3 is 1. The average molecular weight is 382 g/mol. The zero-order chi connectivity index (χ0) is 19.4. The quantitative estimate of drug-likeness (QED) is 0.639. The molecule has 5 nitrogen and oxygen atoms in total. The maximum absolute atomic E-state index is 12.6. The van der Waals surface area contributed by atoms with Gasteiger partial charge in [0.05, 0.1) is 12.0 Å². The number of benzene rings is 3. The highest BCUT2D eigenvalue weighted by atomic mass is 32.2. The Bertz CT molecular complexity index is 1050. The molecule has 0 saturated heterocycles. The smallest absolute Gasteiger partial charge is 0.262 e. The van der Waals surface area contributed by atoms with Gasteiger partial charge in [0.15, 0.2) is 0 Å². The van der Waals surface area contributed by atoms with Gasteiger partial charge >= 0.3 is 0 Å². The molecule has 0 saturated carbocycles. The summed E-state index contributed by atoms with van der Waals surface area (Å²) in [7, 11) is -2.01. The predicted molar refractivity (Wildman–Crippen MR) is 109 cm³/mol. The van der Waals surface area contributed by atoms with Gasteiger partial charge in [-0.3, -0.25) is 4.72 Å². The lowest BCUT2D eigenvalue weighted by atomic mass is 10.2. The Labute approximate surface area is 160 Å². The third kappa shape index (κ3) is 4.60. The summed E-state index contributed by atoms with van der Waals surface area (Å²) in [6.07, 6.45) is 0. The van der Waals surface area contributed by atoms with Crippen molar-refractivity contribution in [2.24, 2.45) is 0 Å². The van der Waals surface area contributed by atoms with Crippen molar-refractivity contribution in [3.8, 4) is 5.75 Å². The van der Waals surface area contributed by atoms with Crippen LogP contribution in [0.15, 0.2) is 71.6 Å². The summed E-state index contributed by atoms with van der Waals surface area (Å²) in [5, 5.41) is 3.26. The molecule has 0 atom stereocenters. The van der Waals surface area contributed by atoms with Gasteiger partial charge in [-0.2, -0.15) is 0 Å². The highest BCUT2D eigenvalue weighted by Gasteiger charge is 2.16. The molecule has 0 aliphatic rings. The molecule has 140 valence electrons. The highest BCUT2D eigenvalue weighted by molar-refractivity contribution is 7.92. The number of rotatable bonds is 6. The molecule has 0 fully saturated rings. The molecule has 3 aromatic carbocycles. The molecule has 0 aliphatic carbocycles. The molecule has 6 heteroatoms. The van der Waals surface area contributed by atoms with Crippen LogP contribution in [0.4, 0.5) is 17.1 Å². The second kappa shape index (κ2) is 7.72. The minimum absolute atomic E-state index is 0.284. The minimum atomic E-state index is -3.63. The van der Waals surface area contributed by atoms with E-state index in [0.29, 0.717) is 5.69 Å². The second-order valence-electron chi connectivity index (χ2n) is 6.31. The van der Waals surface area contributed by atoms with Gasteiger partial charge in [-0.1, -0.05) is 23.8 Å². The number of aryl methyl sites for hydroxylation is 2. The van der Waals surface area contributed by atoms with Gasteiger partial charge in [-0.25, -0.2) is 8.42 Å². The van der Waals surface area contributed by atoms with Crippen LogP contribution in [0.1, 0.15) is 11.1 Å². The number of sulfonamides is 1. The van der Waals surface area contributed by atoms with Crippen molar-refractivity contribution in [3.63, 3.8) is 0 Å². The molecule has 0 spiro atoms. The van der Waals surface area contributed by atoms with Crippen LogP contribution in [0.2, 0.25) is 0 Å². The molecule has 0 heterocycles. The van der Waals surface area contributed by atoms with Gasteiger partial charge in [0, 0.05) is 23.1 Å². The molecule has 0 radical (unpaired) electrons. The van der Waals surface area contributed by atoms with Crippen LogP contribution in [0.25, 0.3) is 0 Å². The van der Waals surface area contributed by atoms with Crippen molar-refractivity contribution >= 4 is 27.1 Å². The topological polar surface area (TPSA) is 67.4 Å². The zero-order valence-electron chi connectivity index (χ0n) is 15.5. The van der Waals surface area contributed by atoms with E-state index in [-0.39, 0.29) is 4.90 Å². The van der Waals surface area contributed by atoms with E-state index in [2.05, 4.69) is 10.0 Å². The number of hydrogen-bond acceptors (Lipinski definition) is 4. The molecule has 0 unspecified atom stereocenters. The van der Waals surface area contributed by atoms with Gasteiger partial charge in [-0.05, 0) is 61.9 Å². The van der Waals surface area contributed by atoms with E-state index < -0.39 is 10.0 Å². The number of hydrogen-bond donors (Lipinski definition) is 2. The first-order chi connectivity index (χ1) is 12.9. The first-order valence-corrected chi connectivity index (χ1v) is 9.97. The van der Waals surface area contributed by atoms with Crippen LogP contribution in [0.3, 0.4) is 0 Å². The van der Waals surface area contributed by atoms with Crippen LogP contribution in [0.5, 0.6) is 5.75 Å². The molecule has 3 aromatic rings. The van der Waals surface area contributed by atoms with E-state index in [1.807, 2.05) is 49.4 Å². The van der Waals surface area contributed by atoms with Gasteiger partial charge in [0.25, 0.3) is 10.0 Å². The zero-order valence-corrected chi connectivity index (χ0v) is 16.3. The summed E-state index contributed by atoms with van der Waals surface area (Å²) in [6.45, 7) is 3.73. The molecule has 0 bridgehead atoms. The van der Waals surface area contributed by atoms with Gasteiger partial charge < -0.3 is 10.1 Å². The maximum Gasteiger partial charge on any atom is 0.262 e. The summed E-state index contributed by atoms with van der Waals surface area (Å²) in [5.41, 5.74) is 3.99. The van der Waals surface area contributed by atoms with E-state index in [4.69, 9.17) is 4.74 Å². The van der Waals surface area contributed by atoms with Crippen LogP contribution >= 0.6 is 0 Å². The lowest BCUT2D eigenvalue weighted by Crippen LogP contribution is -2.14. The predicted octanol–water partition coefficient (Wildman–Crippen LogP) is 4.86. The van der Waals surface area contributed by atoms with Gasteiger partial charge in [0.1, 0.15) is 5.75 Å². The Morgan fingerprint density at radius 3 is 2.19 bits per heavy atom. The van der Waals surface area contributed by atoms with Crippen molar-refractivity contribution < 1.29 is 13.2 Å². The summed E-state index contributed by atoms with van der Waals surface area (Å²) in [5.74, 6) is 0.762. The fraction of sp³-hybridized carbons (Fsp3) is 0.143. The van der Waals surface area contributed by atoms with E-state index in [1.165, 1.54) is 0 Å². The molecule has 0 amide bonds. The lowest BCUT2D eigenvalue weighted by molar-refractivity contribution is 0.415. The largest absolute Gasteiger partial charge is 0.497 e. The van der Waals surface area contributed by atoms with Crippen LogP contribution in [0, 0.1) is 13.8 Å². The van der Waals surface area contributed by atoms with Crippen molar-refractivity contribution in [1.29, 1.82) is 0 Å². The SMILES string of the molecule is COc1cccc(Nc2ccc(NS(=O)(=O)c3ccc(C)cc3C)cc2)c1. The third-order valence-corrected chi connectivity index (χ3v) is 5.66. The number of ether oxygens (including phenoxy) is 1. The first-order valence-electron chi connectivity index (χ1n) is 8.48. The van der Waals surface area contributed by atoms with Gasteiger partial charge in [-0.15, -0.1) is 0 Å². The Morgan fingerprint density at radius 2 is 1.52 bits per heavy atom. The molecular weight excluding hydrogens is 360 g/mol. The van der Waals surface area contributed by atoms with Crippen molar-refractivity contribution in [1.82, 2.24) is 0 Å². The van der Waals surface area contributed by atoms with Gasteiger partial charge in [0.2, 0.25) is 0 Å². The Balaban J connectivity index is 1.75. The third-order valence-electron chi connectivity index (χ3n) is 4.12. The molecule has 0 aromatic heterocycles. The molecule has 0 aliphatic heterocycles. The normalized spacial score (nSPS) is 11.1. The summed E-state index contributed by atoms with van der Waals surface area (Å²) in [6, 6.07) is 20.0. The van der Waals surface area contributed by atoms with E-state index >= 15 is 0 Å². The van der Waals surface area contributed by atoms with E-state index in [9.17, 15) is 8.42 Å². The lowest BCUT2D eigenvalue weighted by Gasteiger charge is -2.12. The Hall–Kier alpha value is -2.99. The van der Waals surface area contributed by atoms with Crippen molar-refractivity contribution in [2.45, 2.75) is 18.7 Å². The van der Waals surface area contributed by atoms with E-state index in [1.54, 1.807) is 38.3 Å².